The molecule has 3 rings (SSSR count). The Hall–Kier alpha value is -3.34. The van der Waals surface area contributed by atoms with Gasteiger partial charge in [0.25, 0.3) is 11.8 Å². The van der Waals surface area contributed by atoms with Gasteiger partial charge in [-0.1, -0.05) is 43.3 Å². The zero-order chi connectivity index (χ0) is 20.1. The smallest absolute Gasteiger partial charge is 0.259 e. The molecule has 0 aromatic heterocycles. The monoisotopic (exact) mass is 376 g/mol. The predicted molar refractivity (Wildman–Crippen MR) is 112 cm³/mol. The molecule has 0 unspecified atom stereocenters. The minimum atomic E-state index is -0.327. The molecule has 0 aliphatic heterocycles. The van der Waals surface area contributed by atoms with Crippen molar-refractivity contribution in [2.45, 2.75) is 26.3 Å². The van der Waals surface area contributed by atoms with Gasteiger partial charge in [0, 0.05) is 6.04 Å². The van der Waals surface area contributed by atoms with E-state index in [-0.39, 0.29) is 17.9 Å². The first-order chi connectivity index (χ1) is 13.5. The highest BCUT2D eigenvalue weighted by atomic mass is 16.5. The first kappa shape index (κ1) is 19.4. The normalized spacial score (nSPS) is 11.7. The summed E-state index contributed by atoms with van der Waals surface area (Å²) < 4.78 is 5.42. The van der Waals surface area contributed by atoms with Crippen LogP contribution in [-0.4, -0.2) is 25.0 Å². The van der Waals surface area contributed by atoms with Gasteiger partial charge in [0.05, 0.1) is 23.9 Å². The largest absolute Gasteiger partial charge is 0.496 e. The van der Waals surface area contributed by atoms with Gasteiger partial charge < -0.3 is 15.4 Å². The molecular formula is C23H24N2O3. The number of fused-ring (bicyclic) bond motifs is 1. The lowest BCUT2D eigenvalue weighted by Gasteiger charge is -2.15. The third-order valence-corrected chi connectivity index (χ3v) is 4.72. The number of nitrogens with one attached hydrogen (secondary N) is 2. The van der Waals surface area contributed by atoms with Crippen LogP contribution in [0.3, 0.4) is 0 Å². The number of para-hydroxylation sites is 1. The van der Waals surface area contributed by atoms with E-state index < -0.39 is 0 Å². The Bertz CT molecular complexity index is 1010. The number of anilines is 1. The van der Waals surface area contributed by atoms with Crippen LogP contribution in [0.15, 0.2) is 60.7 Å². The van der Waals surface area contributed by atoms with Crippen LogP contribution >= 0.6 is 0 Å². The topological polar surface area (TPSA) is 67.4 Å². The molecule has 3 aromatic carbocycles. The van der Waals surface area contributed by atoms with Crippen molar-refractivity contribution >= 4 is 28.3 Å². The van der Waals surface area contributed by atoms with Crippen molar-refractivity contribution < 1.29 is 14.3 Å². The first-order valence-corrected chi connectivity index (χ1v) is 9.31. The van der Waals surface area contributed by atoms with E-state index in [4.69, 9.17) is 4.74 Å². The van der Waals surface area contributed by atoms with Crippen LogP contribution in [0.5, 0.6) is 5.75 Å². The van der Waals surface area contributed by atoms with E-state index in [0.717, 1.165) is 17.2 Å². The zero-order valence-corrected chi connectivity index (χ0v) is 16.3. The number of benzene rings is 3. The van der Waals surface area contributed by atoms with Crippen LogP contribution in [0, 0.1) is 0 Å². The molecule has 0 fully saturated rings. The number of hydrogen-bond donors (Lipinski definition) is 2. The lowest BCUT2D eigenvalue weighted by molar-refractivity contribution is 0.0940. The summed E-state index contributed by atoms with van der Waals surface area (Å²) in [6, 6.07) is 18.4. The summed E-state index contributed by atoms with van der Waals surface area (Å²) >= 11 is 0. The number of ether oxygens (including phenoxy) is 1. The van der Waals surface area contributed by atoms with Crippen molar-refractivity contribution in [1.82, 2.24) is 5.32 Å². The van der Waals surface area contributed by atoms with Gasteiger partial charge in [-0.3, -0.25) is 9.59 Å². The van der Waals surface area contributed by atoms with Gasteiger partial charge in [-0.15, -0.1) is 0 Å². The summed E-state index contributed by atoms with van der Waals surface area (Å²) in [4.78, 5) is 25.5. The molecule has 28 heavy (non-hydrogen) atoms. The molecule has 1 atom stereocenters. The molecule has 0 aliphatic carbocycles. The summed E-state index contributed by atoms with van der Waals surface area (Å²) in [5.41, 5.74) is 1.30. The fraction of sp³-hybridized carbons (Fsp3) is 0.217. The number of methoxy groups -OCH3 is 1. The molecule has 0 heterocycles. The van der Waals surface area contributed by atoms with Gasteiger partial charge in [-0.05, 0) is 48.4 Å². The molecule has 144 valence electrons. The minimum absolute atomic E-state index is 0.0526. The van der Waals surface area contributed by atoms with Gasteiger partial charge in [0.2, 0.25) is 0 Å². The van der Waals surface area contributed by atoms with E-state index in [1.807, 2.05) is 44.2 Å². The number of amides is 2. The van der Waals surface area contributed by atoms with E-state index in [1.165, 1.54) is 7.11 Å². The molecule has 5 heteroatoms. The van der Waals surface area contributed by atoms with Crippen molar-refractivity contribution in [3.63, 3.8) is 0 Å². The van der Waals surface area contributed by atoms with E-state index in [9.17, 15) is 9.59 Å². The molecule has 0 radical (unpaired) electrons. The van der Waals surface area contributed by atoms with Gasteiger partial charge in [-0.25, -0.2) is 0 Å². The Morgan fingerprint density at radius 2 is 1.57 bits per heavy atom. The third kappa shape index (κ3) is 4.14. The Morgan fingerprint density at radius 1 is 0.929 bits per heavy atom. The van der Waals surface area contributed by atoms with Crippen LogP contribution in [0.1, 0.15) is 41.0 Å². The highest BCUT2D eigenvalue weighted by molar-refractivity contribution is 6.11. The Labute approximate surface area is 164 Å². The average molecular weight is 376 g/mol. The van der Waals surface area contributed by atoms with Crippen molar-refractivity contribution in [3.05, 3.63) is 71.8 Å². The Morgan fingerprint density at radius 3 is 2.25 bits per heavy atom. The highest BCUT2D eigenvalue weighted by Gasteiger charge is 2.18. The molecule has 0 saturated heterocycles. The van der Waals surface area contributed by atoms with E-state index >= 15 is 0 Å². The molecule has 5 nitrogen and oxygen atoms in total. The second-order valence-corrected chi connectivity index (χ2v) is 6.68. The molecule has 0 aliphatic rings. The molecule has 2 amide bonds. The summed E-state index contributed by atoms with van der Waals surface area (Å²) in [7, 11) is 1.54. The number of carbonyl (C=O) groups is 2. The quantitative estimate of drug-likeness (QED) is 0.659. The fourth-order valence-electron chi connectivity index (χ4n) is 2.95. The van der Waals surface area contributed by atoms with Gasteiger partial charge >= 0.3 is 0 Å². The molecule has 0 saturated carbocycles. The van der Waals surface area contributed by atoms with E-state index in [1.54, 1.807) is 30.3 Å². The summed E-state index contributed by atoms with van der Waals surface area (Å²) in [5, 5.41) is 7.72. The van der Waals surface area contributed by atoms with Crippen LogP contribution in [0.2, 0.25) is 0 Å². The molecule has 2 N–H and O–H groups in total. The predicted octanol–water partition coefficient (Wildman–Crippen LogP) is 4.63. The number of hydrogen-bond acceptors (Lipinski definition) is 3. The van der Waals surface area contributed by atoms with Gasteiger partial charge in [0.15, 0.2) is 0 Å². The zero-order valence-electron chi connectivity index (χ0n) is 16.3. The Balaban J connectivity index is 1.92. The SMILES string of the molecule is CC[C@@H](C)NC(=O)c1ccccc1NC(=O)c1cc2ccccc2cc1OC. The van der Waals surface area contributed by atoms with Crippen LogP contribution < -0.4 is 15.4 Å². The maximum absolute atomic E-state index is 13.0. The second kappa shape index (κ2) is 8.57. The lowest BCUT2D eigenvalue weighted by Crippen LogP contribution is -2.32. The molecule has 3 aromatic rings. The Kier molecular flexibility index (Phi) is 5.94. The van der Waals surface area contributed by atoms with E-state index in [2.05, 4.69) is 10.6 Å². The molecule has 0 bridgehead atoms. The highest BCUT2D eigenvalue weighted by Crippen LogP contribution is 2.27. The van der Waals surface area contributed by atoms with Crippen molar-refractivity contribution in [1.29, 1.82) is 0 Å². The van der Waals surface area contributed by atoms with Crippen LogP contribution in [0.4, 0.5) is 5.69 Å². The second-order valence-electron chi connectivity index (χ2n) is 6.68. The summed E-state index contributed by atoms with van der Waals surface area (Å²) in [5.74, 6) is -0.0557. The lowest BCUT2D eigenvalue weighted by atomic mass is 10.0. The number of rotatable bonds is 6. The average Bonchev–Trinajstić information content (AvgIpc) is 2.72. The molecule has 0 spiro atoms. The van der Waals surface area contributed by atoms with Crippen LogP contribution in [-0.2, 0) is 0 Å². The van der Waals surface area contributed by atoms with Crippen molar-refractivity contribution in [3.8, 4) is 5.75 Å². The van der Waals surface area contributed by atoms with Crippen LogP contribution in [0.25, 0.3) is 10.8 Å². The standard InChI is InChI=1S/C23H24N2O3/c1-4-15(2)24-22(26)18-11-7-8-12-20(18)25-23(27)19-13-16-9-5-6-10-17(16)14-21(19)28-3/h5-15H,4H2,1-3H3,(H,24,26)(H,25,27)/t15-/m1/s1. The van der Waals surface area contributed by atoms with Gasteiger partial charge in [-0.2, -0.15) is 0 Å². The third-order valence-electron chi connectivity index (χ3n) is 4.72. The summed E-state index contributed by atoms with van der Waals surface area (Å²) in [6.45, 7) is 3.95. The number of carbonyl (C=O) groups excluding carboxylic acids is 2. The maximum atomic E-state index is 13.0. The van der Waals surface area contributed by atoms with E-state index in [0.29, 0.717) is 22.6 Å². The first-order valence-electron chi connectivity index (χ1n) is 9.31. The van der Waals surface area contributed by atoms with Crippen molar-refractivity contribution in [2.24, 2.45) is 0 Å². The summed E-state index contributed by atoms with van der Waals surface area (Å²) in [6.07, 6.45) is 0.828. The van der Waals surface area contributed by atoms with Crippen molar-refractivity contribution in [2.75, 3.05) is 12.4 Å². The minimum Gasteiger partial charge on any atom is -0.496 e. The maximum Gasteiger partial charge on any atom is 0.259 e. The molecular weight excluding hydrogens is 352 g/mol. The van der Waals surface area contributed by atoms with Gasteiger partial charge in [0.1, 0.15) is 5.75 Å². The fourth-order valence-corrected chi connectivity index (χ4v) is 2.95.